The molecule has 3 N–H and O–H groups in total. The van der Waals surface area contributed by atoms with Crippen molar-refractivity contribution in [1.82, 2.24) is 4.72 Å². The number of hydrogen-bond donors (Lipinski definition) is 2. The lowest BCUT2D eigenvalue weighted by atomic mass is 9.82. The van der Waals surface area contributed by atoms with Crippen LogP contribution in [-0.4, -0.2) is 20.9 Å². The van der Waals surface area contributed by atoms with Gasteiger partial charge < -0.3 is 5.73 Å². The molecule has 1 aliphatic carbocycles. The summed E-state index contributed by atoms with van der Waals surface area (Å²) in [5, 5.41) is 0. The average Bonchev–Trinajstić information content (AvgIpc) is 2.52. The van der Waals surface area contributed by atoms with Gasteiger partial charge in [0.05, 0.1) is 10.5 Å². The summed E-state index contributed by atoms with van der Waals surface area (Å²) >= 11 is 0. The lowest BCUT2D eigenvalue weighted by molar-refractivity contribution is -0.139. The third-order valence-electron chi connectivity index (χ3n) is 4.29. The van der Waals surface area contributed by atoms with Gasteiger partial charge in [-0.2, -0.15) is 13.2 Å². The maximum atomic E-state index is 13.0. The van der Waals surface area contributed by atoms with Crippen LogP contribution in [0.1, 0.15) is 31.2 Å². The number of carbonyl (C=O) groups excluding carboxylic acids is 1. The molecule has 0 spiro atoms. The van der Waals surface area contributed by atoms with Crippen molar-refractivity contribution in [3.8, 4) is 0 Å². The van der Waals surface area contributed by atoms with Crippen molar-refractivity contribution in [1.29, 1.82) is 0 Å². The van der Waals surface area contributed by atoms with E-state index in [1.165, 1.54) is 6.07 Å². The molecule has 5 nitrogen and oxygen atoms in total. The number of benzene rings is 1. The average molecular weight is 364 g/mol. The molecule has 0 aliphatic heterocycles. The Bertz CT molecular complexity index is 696. The topological polar surface area (TPSA) is 89.3 Å². The predicted molar refractivity (Wildman–Crippen MR) is 81.3 cm³/mol. The zero-order chi connectivity index (χ0) is 18.0. The molecule has 1 aliphatic rings. The number of sulfonamides is 1. The zero-order valence-electron chi connectivity index (χ0n) is 12.8. The van der Waals surface area contributed by atoms with E-state index in [9.17, 15) is 26.4 Å². The summed E-state index contributed by atoms with van der Waals surface area (Å²) in [5.74, 6) is -0.592. The molecule has 1 fully saturated rings. The molecule has 0 saturated heterocycles. The highest BCUT2D eigenvalue weighted by Crippen LogP contribution is 2.34. The lowest BCUT2D eigenvalue weighted by Gasteiger charge is -2.26. The molecule has 1 aromatic carbocycles. The van der Waals surface area contributed by atoms with Gasteiger partial charge in [-0.15, -0.1) is 0 Å². The fraction of sp³-hybridized carbons (Fsp3) is 0.533. The second-order valence-electron chi connectivity index (χ2n) is 5.97. The number of amides is 1. The molecule has 2 rings (SSSR count). The zero-order valence-corrected chi connectivity index (χ0v) is 13.7. The highest BCUT2D eigenvalue weighted by Gasteiger charge is 2.37. The largest absolute Gasteiger partial charge is 0.417 e. The van der Waals surface area contributed by atoms with Crippen LogP contribution in [0.3, 0.4) is 0 Å². The SMILES string of the molecule is NC(=O)C1CCC(CNS(=O)(=O)c2ccccc2C(F)(F)F)CC1. The molecule has 0 radical (unpaired) electrons. The number of nitrogens with two attached hydrogens (primary N) is 1. The van der Waals surface area contributed by atoms with Crippen LogP contribution in [0.25, 0.3) is 0 Å². The summed E-state index contributed by atoms with van der Waals surface area (Å²) < 4.78 is 65.6. The van der Waals surface area contributed by atoms with Crippen molar-refractivity contribution in [3.63, 3.8) is 0 Å². The Balaban J connectivity index is 2.04. The van der Waals surface area contributed by atoms with Crippen LogP contribution in [0.15, 0.2) is 29.2 Å². The van der Waals surface area contributed by atoms with Crippen LogP contribution in [0.2, 0.25) is 0 Å². The monoisotopic (exact) mass is 364 g/mol. The van der Waals surface area contributed by atoms with Crippen molar-refractivity contribution in [2.24, 2.45) is 17.6 Å². The Morgan fingerprint density at radius 2 is 1.75 bits per heavy atom. The molecule has 0 heterocycles. The summed E-state index contributed by atoms with van der Waals surface area (Å²) in [5.41, 5.74) is 4.05. The number of primary amides is 1. The summed E-state index contributed by atoms with van der Waals surface area (Å²) in [6.45, 7) is 0.0417. The van der Waals surface area contributed by atoms with Crippen LogP contribution in [-0.2, 0) is 21.0 Å². The van der Waals surface area contributed by atoms with Gasteiger partial charge in [0.2, 0.25) is 15.9 Å². The molecule has 0 unspecified atom stereocenters. The van der Waals surface area contributed by atoms with Crippen LogP contribution in [0.4, 0.5) is 13.2 Å². The maximum absolute atomic E-state index is 13.0. The van der Waals surface area contributed by atoms with E-state index in [1.54, 1.807) is 0 Å². The number of hydrogen-bond acceptors (Lipinski definition) is 3. The third kappa shape index (κ3) is 4.47. The second kappa shape index (κ2) is 7.10. The first-order valence-corrected chi connectivity index (χ1v) is 9.05. The van der Waals surface area contributed by atoms with Crippen LogP contribution < -0.4 is 10.5 Å². The molecule has 1 aromatic rings. The summed E-state index contributed by atoms with van der Waals surface area (Å²) in [4.78, 5) is 10.3. The Morgan fingerprint density at radius 3 is 2.29 bits per heavy atom. The van der Waals surface area contributed by atoms with E-state index in [0.29, 0.717) is 25.7 Å². The molecule has 9 heteroatoms. The highest BCUT2D eigenvalue weighted by atomic mass is 32.2. The molecule has 0 bridgehead atoms. The van der Waals surface area contributed by atoms with E-state index < -0.39 is 26.7 Å². The Morgan fingerprint density at radius 1 is 1.17 bits per heavy atom. The molecular weight excluding hydrogens is 345 g/mol. The molecule has 0 atom stereocenters. The quantitative estimate of drug-likeness (QED) is 0.840. The number of rotatable bonds is 5. The molecule has 134 valence electrons. The van der Waals surface area contributed by atoms with E-state index in [0.717, 1.165) is 18.2 Å². The van der Waals surface area contributed by atoms with Gasteiger partial charge >= 0.3 is 6.18 Å². The standard InChI is InChI=1S/C15H19F3N2O3S/c16-15(17,18)12-3-1-2-4-13(12)24(22,23)20-9-10-5-7-11(8-6-10)14(19)21/h1-4,10-11,20H,5-9H2,(H2,19,21). The van der Waals surface area contributed by atoms with Gasteiger partial charge in [0.25, 0.3) is 0 Å². The van der Waals surface area contributed by atoms with Gasteiger partial charge in [-0.1, -0.05) is 12.1 Å². The van der Waals surface area contributed by atoms with Gasteiger partial charge in [-0.05, 0) is 43.7 Å². The smallest absolute Gasteiger partial charge is 0.369 e. The highest BCUT2D eigenvalue weighted by molar-refractivity contribution is 7.89. The first-order chi connectivity index (χ1) is 11.1. The van der Waals surface area contributed by atoms with Crippen molar-refractivity contribution >= 4 is 15.9 Å². The van der Waals surface area contributed by atoms with E-state index in [-0.39, 0.29) is 24.3 Å². The maximum Gasteiger partial charge on any atom is 0.417 e. The normalized spacial score (nSPS) is 22.3. The van der Waals surface area contributed by atoms with E-state index in [2.05, 4.69) is 4.72 Å². The van der Waals surface area contributed by atoms with Gasteiger partial charge in [-0.3, -0.25) is 4.79 Å². The minimum Gasteiger partial charge on any atom is -0.369 e. The summed E-state index contributed by atoms with van der Waals surface area (Å²) in [6, 6.07) is 4.08. The number of alkyl halides is 3. The van der Waals surface area contributed by atoms with Gasteiger partial charge in [0.1, 0.15) is 0 Å². The second-order valence-corrected chi connectivity index (χ2v) is 7.70. The Hall–Kier alpha value is -1.61. The third-order valence-corrected chi connectivity index (χ3v) is 5.77. The van der Waals surface area contributed by atoms with Crippen molar-refractivity contribution < 1.29 is 26.4 Å². The molecule has 1 amide bonds. The molecule has 0 aromatic heterocycles. The number of carbonyl (C=O) groups is 1. The predicted octanol–water partition coefficient (Wildman–Crippen LogP) is 2.28. The Labute approximate surface area is 138 Å². The van der Waals surface area contributed by atoms with Gasteiger partial charge in [-0.25, -0.2) is 13.1 Å². The summed E-state index contributed by atoms with van der Waals surface area (Å²) in [7, 11) is -4.26. The fourth-order valence-electron chi connectivity index (χ4n) is 2.89. The van der Waals surface area contributed by atoms with Gasteiger partial charge in [0, 0.05) is 12.5 Å². The molecular formula is C15H19F3N2O3S. The summed E-state index contributed by atoms with van der Waals surface area (Å²) in [6.07, 6.45) is -2.39. The lowest BCUT2D eigenvalue weighted by Crippen LogP contribution is -2.34. The van der Waals surface area contributed by atoms with Crippen LogP contribution in [0, 0.1) is 11.8 Å². The fourth-order valence-corrected chi connectivity index (χ4v) is 4.23. The van der Waals surface area contributed by atoms with Crippen molar-refractivity contribution in [2.45, 2.75) is 36.8 Å². The van der Waals surface area contributed by atoms with Crippen LogP contribution >= 0.6 is 0 Å². The number of nitrogens with one attached hydrogen (secondary N) is 1. The first-order valence-electron chi connectivity index (χ1n) is 7.56. The minimum atomic E-state index is -4.75. The van der Waals surface area contributed by atoms with Crippen LogP contribution in [0.5, 0.6) is 0 Å². The van der Waals surface area contributed by atoms with E-state index in [4.69, 9.17) is 5.73 Å². The minimum absolute atomic E-state index is 0.0200. The first kappa shape index (κ1) is 18.7. The van der Waals surface area contributed by atoms with E-state index >= 15 is 0 Å². The molecule has 24 heavy (non-hydrogen) atoms. The Kier molecular flexibility index (Phi) is 5.54. The van der Waals surface area contributed by atoms with Crippen molar-refractivity contribution in [3.05, 3.63) is 29.8 Å². The molecule has 1 saturated carbocycles. The van der Waals surface area contributed by atoms with Crippen molar-refractivity contribution in [2.75, 3.05) is 6.54 Å². The number of halogens is 3. The van der Waals surface area contributed by atoms with E-state index in [1.807, 2.05) is 0 Å². The van der Waals surface area contributed by atoms with Gasteiger partial charge in [0.15, 0.2) is 0 Å².